The predicted octanol–water partition coefficient (Wildman–Crippen LogP) is 4.53. The molecule has 0 heterocycles. The summed E-state index contributed by atoms with van der Waals surface area (Å²) in [5.74, 6) is -4.08. The van der Waals surface area contributed by atoms with Gasteiger partial charge < -0.3 is 10.6 Å². The summed E-state index contributed by atoms with van der Waals surface area (Å²) in [7, 11) is 0. The highest BCUT2D eigenvalue weighted by molar-refractivity contribution is 7.80. The molecule has 0 atom stereocenters. The quantitative estimate of drug-likeness (QED) is 0.629. The zero-order valence-corrected chi connectivity index (χ0v) is 12.2. The number of thiocarbonyl (C=S) groups is 1. The minimum Gasteiger partial charge on any atom is -0.332 e. The van der Waals surface area contributed by atoms with Crippen LogP contribution in [0.3, 0.4) is 0 Å². The smallest absolute Gasteiger partial charge is 0.196 e. The minimum absolute atomic E-state index is 0.0913. The van der Waals surface area contributed by atoms with Crippen LogP contribution < -0.4 is 10.6 Å². The van der Waals surface area contributed by atoms with Crippen molar-refractivity contribution in [2.24, 2.45) is 0 Å². The molecular formula is C15H13F3N2S. The molecule has 0 bridgehead atoms. The lowest BCUT2D eigenvalue weighted by Gasteiger charge is -2.14. The molecule has 110 valence electrons. The fourth-order valence-electron chi connectivity index (χ4n) is 1.78. The first kappa shape index (κ1) is 15.3. The minimum atomic E-state index is -1.53. The standard InChI is InChI=1S/C15H13F3N2S/c1-8-4-3-5-11(9(8)2)19-15(21)20-12-7-6-10(16)13(17)14(12)18/h3-7H,1-2H3,(H2,19,20,21). The number of benzene rings is 2. The van der Waals surface area contributed by atoms with E-state index in [-0.39, 0.29) is 10.8 Å². The third kappa shape index (κ3) is 3.33. The number of anilines is 2. The van der Waals surface area contributed by atoms with E-state index in [1.165, 1.54) is 0 Å². The molecule has 2 N–H and O–H groups in total. The molecular weight excluding hydrogens is 297 g/mol. The summed E-state index contributed by atoms with van der Waals surface area (Å²) in [4.78, 5) is 0. The number of hydrogen-bond acceptors (Lipinski definition) is 1. The van der Waals surface area contributed by atoms with E-state index in [0.29, 0.717) is 0 Å². The molecule has 0 aliphatic rings. The Morgan fingerprint density at radius 2 is 1.57 bits per heavy atom. The van der Waals surface area contributed by atoms with E-state index in [4.69, 9.17) is 12.2 Å². The van der Waals surface area contributed by atoms with Gasteiger partial charge in [-0.3, -0.25) is 0 Å². The van der Waals surface area contributed by atoms with Crippen molar-refractivity contribution in [2.45, 2.75) is 13.8 Å². The monoisotopic (exact) mass is 310 g/mol. The van der Waals surface area contributed by atoms with Crippen LogP contribution in [0.15, 0.2) is 30.3 Å². The van der Waals surface area contributed by atoms with Crippen LogP contribution in [0.2, 0.25) is 0 Å². The molecule has 0 saturated heterocycles. The van der Waals surface area contributed by atoms with Gasteiger partial charge in [0.25, 0.3) is 0 Å². The third-order valence-corrected chi connectivity index (χ3v) is 3.34. The first-order chi connectivity index (χ1) is 9.90. The fraction of sp³-hybridized carbons (Fsp3) is 0.133. The Morgan fingerprint density at radius 3 is 2.29 bits per heavy atom. The second-order valence-corrected chi connectivity index (χ2v) is 4.96. The first-order valence-electron chi connectivity index (χ1n) is 6.18. The summed E-state index contributed by atoms with van der Waals surface area (Å²) in [6, 6.07) is 7.54. The highest BCUT2D eigenvalue weighted by Gasteiger charge is 2.14. The molecule has 6 heteroatoms. The van der Waals surface area contributed by atoms with Crippen LogP contribution in [0.1, 0.15) is 11.1 Å². The number of rotatable bonds is 2. The van der Waals surface area contributed by atoms with Crippen LogP contribution in [0.25, 0.3) is 0 Å². The molecule has 2 nitrogen and oxygen atoms in total. The Kier molecular flexibility index (Phi) is 4.47. The molecule has 2 aromatic carbocycles. The number of halogens is 3. The van der Waals surface area contributed by atoms with E-state index in [9.17, 15) is 13.2 Å². The Balaban J connectivity index is 2.16. The molecule has 21 heavy (non-hydrogen) atoms. The van der Waals surface area contributed by atoms with Gasteiger partial charge in [0.1, 0.15) is 0 Å². The normalized spacial score (nSPS) is 10.3. The Hall–Kier alpha value is -2.08. The van der Waals surface area contributed by atoms with E-state index < -0.39 is 17.5 Å². The predicted molar refractivity (Wildman–Crippen MR) is 82.1 cm³/mol. The highest BCUT2D eigenvalue weighted by Crippen LogP contribution is 2.21. The number of hydrogen-bond donors (Lipinski definition) is 2. The van der Waals surface area contributed by atoms with Crippen LogP contribution in [-0.4, -0.2) is 5.11 Å². The molecule has 0 aliphatic carbocycles. The largest absolute Gasteiger partial charge is 0.332 e. The summed E-state index contributed by atoms with van der Waals surface area (Å²) in [5.41, 5.74) is 2.60. The van der Waals surface area contributed by atoms with Gasteiger partial charge in [0.15, 0.2) is 22.6 Å². The molecule has 0 aliphatic heterocycles. The van der Waals surface area contributed by atoms with Gasteiger partial charge in [-0.25, -0.2) is 13.2 Å². The SMILES string of the molecule is Cc1cccc(NC(=S)Nc2ccc(F)c(F)c2F)c1C. The zero-order chi connectivity index (χ0) is 15.6. The molecule has 2 aromatic rings. The van der Waals surface area contributed by atoms with E-state index >= 15 is 0 Å². The maximum absolute atomic E-state index is 13.5. The summed E-state index contributed by atoms with van der Waals surface area (Å²) in [5, 5.41) is 5.50. The van der Waals surface area contributed by atoms with Crippen LogP contribution in [0, 0.1) is 31.3 Å². The van der Waals surface area contributed by atoms with Crippen molar-refractivity contribution in [1.82, 2.24) is 0 Å². The average molecular weight is 310 g/mol. The molecule has 0 fully saturated rings. The van der Waals surface area contributed by atoms with Crippen molar-refractivity contribution in [2.75, 3.05) is 10.6 Å². The lowest BCUT2D eigenvalue weighted by molar-refractivity contribution is 0.449. The molecule has 2 rings (SSSR count). The molecule has 0 spiro atoms. The summed E-state index contributed by atoms with van der Waals surface area (Å²) in [6.45, 7) is 3.87. The van der Waals surface area contributed by atoms with Crippen LogP contribution in [0.5, 0.6) is 0 Å². The highest BCUT2D eigenvalue weighted by atomic mass is 32.1. The first-order valence-corrected chi connectivity index (χ1v) is 6.58. The summed E-state index contributed by atoms with van der Waals surface area (Å²) in [6.07, 6.45) is 0. The maximum Gasteiger partial charge on any atom is 0.196 e. The van der Waals surface area contributed by atoms with Gasteiger partial charge in [-0.05, 0) is 55.4 Å². The van der Waals surface area contributed by atoms with E-state index in [1.54, 1.807) is 0 Å². The number of nitrogens with one attached hydrogen (secondary N) is 2. The van der Waals surface area contributed by atoms with Gasteiger partial charge in [-0.2, -0.15) is 0 Å². The lowest BCUT2D eigenvalue weighted by Crippen LogP contribution is -2.21. The van der Waals surface area contributed by atoms with Gasteiger partial charge >= 0.3 is 0 Å². The van der Waals surface area contributed by atoms with Crippen molar-refractivity contribution in [3.05, 3.63) is 58.9 Å². The maximum atomic E-state index is 13.5. The molecule has 0 unspecified atom stereocenters. The molecule has 0 saturated carbocycles. The van der Waals surface area contributed by atoms with Gasteiger partial charge in [-0.1, -0.05) is 12.1 Å². The van der Waals surface area contributed by atoms with Gasteiger partial charge in [0.05, 0.1) is 5.69 Å². The van der Waals surface area contributed by atoms with Crippen LogP contribution >= 0.6 is 12.2 Å². The van der Waals surface area contributed by atoms with E-state index in [2.05, 4.69) is 10.6 Å². The van der Waals surface area contributed by atoms with Crippen molar-refractivity contribution >= 4 is 28.7 Å². The second kappa shape index (κ2) is 6.13. The van der Waals surface area contributed by atoms with Crippen LogP contribution in [0.4, 0.5) is 24.5 Å². The van der Waals surface area contributed by atoms with Gasteiger partial charge in [0.2, 0.25) is 0 Å². The van der Waals surface area contributed by atoms with Crippen molar-refractivity contribution < 1.29 is 13.2 Å². The summed E-state index contributed by atoms with van der Waals surface area (Å²) >= 11 is 5.05. The van der Waals surface area contributed by atoms with Gasteiger partial charge in [-0.15, -0.1) is 0 Å². The van der Waals surface area contributed by atoms with Crippen molar-refractivity contribution in [3.8, 4) is 0 Å². The van der Waals surface area contributed by atoms with E-state index in [1.807, 2.05) is 32.0 Å². The Labute approximate surface area is 126 Å². The lowest BCUT2D eigenvalue weighted by atomic mass is 10.1. The number of aryl methyl sites for hydroxylation is 1. The van der Waals surface area contributed by atoms with E-state index in [0.717, 1.165) is 28.9 Å². The molecule has 0 amide bonds. The van der Waals surface area contributed by atoms with Crippen LogP contribution in [-0.2, 0) is 0 Å². The third-order valence-electron chi connectivity index (χ3n) is 3.14. The summed E-state index contributed by atoms with van der Waals surface area (Å²) < 4.78 is 39.5. The fourth-order valence-corrected chi connectivity index (χ4v) is 2.00. The average Bonchev–Trinajstić information content (AvgIpc) is 2.45. The Bertz CT molecular complexity index is 702. The van der Waals surface area contributed by atoms with Crippen molar-refractivity contribution in [3.63, 3.8) is 0 Å². The topological polar surface area (TPSA) is 24.1 Å². The van der Waals surface area contributed by atoms with Gasteiger partial charge in [0, 0.05) is 5.69 Å². The van der Waals surface area contributed by atoms with Crippen molar-refractivity contribution in [1.29, 1.82) is 0 Å². The molecule has 0 radical (unpaired) electrons. The molecule has 0 aromatic heterocycles. The second-order valence-electron chi connectivity index (χ2n) is 4.55. The Morgan fingerprint density at radius 1 is 0.905 bits per heavy atom. The zero-order valence-electron chi connectivity index (χ0n) is 11.4.